The smallest absolute Gasteiger partial charge is 0.256 e. The largest absolute Gasteiger partial charge is 0.328 e. The van der Waals surface area contributed by atoms with E-state index in [2.05, 4.69) is 18.8 Å². The van der Waals surface area contributed by atoms with Gasteiger partial charge < -0.3 is 9.88 Å². The van der Waals surface area contributed by atoms with Gasteiger partial charge in [-0.05, 0) is 31.2 Å². The molecule has 1 aliphatic carbocycles. The second-order valence-corrected chi connectivity index (χ2v) is 8.55. The Bertz CT molecular complexity index is 1140. The number of carbonyl (C=O) groups is 1. The molecule has 7 nitrogen and oxygen atoms in total. The summed E-state index contributed by atoms with van der Waals surface area (Å²) in [5.74, 6) is 2.66. The van der Waals surface area contributed by atoms with Crippen molar-refractivity contribution in [2.45, 2.75) is 51.6 Å². The van der Waals surface area contributed by atoms with E-state index in [1.54, 1.807) is 12.3 Å². The van der Waals surface area contributed by atoms with Gasteiger partial charge in [-0.3, -0.25) is 9.59 Å². The molecule has 1 aromatic carbocycles. The van der Waals surface area contributed by atoms with E-state index in [1.165, 1.54) is 0 Å². The molecule has 0 unspecified atom stereocenters. The zero-order valence-corrected chi connectivity index (χ0v) is 16.8. The minimum absolute atomic E-state index is 0.0645. The highest BCUT2D eigenvalue weighted by molar-refractivity contribution is 6.06. The number of carbonyl (C=O) groups excluding carboxylic acids is 1. The van der Waals surface area contributed by atoms with Gasteiger partial charge in [0.05, 0.1) is 18.2 Å². The molecule has 0 bridgehead atoms. The van der Waals surface area contributed by atoms with Crippen molar-refractivity contribution in [3.63, 3.8) is 0 Å². The fourth-order valence-corrected chi connectivity index (χ4v) is 4.26. The Labute approximate surface area is 168 Å². The van der Waals surface area contributed by atoms with Crippen LogP contribution in [0.25, 0.3) is 10.8 Å². The first-order chi connectivity index (χ1) is 14.0. The van der Waals surface area contributed by atoms with Crippen LogP contribution >= 0.6 is 0 Å². The lowest BCUT2D eigenvalue weighted by atomic mass is 9.98. The maximum absolute atomic E-state index is 13.6. The van der Waals surface area contributed by atoms with Gasteiger partial charge in [-0.25, -0.2) is 9.67 Å². The Morgan fingerprint density at radius 2 is 1.97 bits per heavy atom. The minimum Gasteiger partial charge on any atom is -0.328 e. The lowest BCUT2D eigenvalue weighted by molar-refractivity contribution is 0.0580. The summed E-state index contributed by atoms with van der Waals surface area (Å²) in [6, 6.07) is 7.16. The van der Waals surface area contributed by atoms with Crippen molar-refractivity contribution in [1.82, 2.24) is 24.6 Å². The summed E-state index contributed by atoms with van der Waals surface area (Å²) in [5, 5.41) is 5.95. The molecule has 1 N–H and O–H groups in total. The molecule has 1 aliphatic heterocycles. The van der Waals surface area contributed by atoms with E-state index in [0.717, 1.165) is 30.9 Å². The van der Waals surface area contributed by atoms with Crippen LogP contribution in [0.2, 0.25) is 0 Å². The molecule has 0 spiro atoms. The molecule has 29 heavy (non-hydrogen) atoms. The highest BCUT2D eigenvalue weighted by Crippen LogP contribution is 2.40. The van der Waals surface area contributed by atoms with Gasteiger partial charge in [0.1, 0.15) is 5.82 Å². The van der Waals surface area contributed by atoms with Crippen LogP contribution in [-0.4, -0.2) is 37.1 Å². The predicted octanol–water partition coefficient (Wildman–Crippen LogP) is 3.24. The zero-order valence-electron chi connectivity index (χ0n) is 16.8. The summed E-state index contributed by atoms with van der Waals surface area (Å²) in [6.07, 6.45) is 4.69. The van der Waals surface area contributed by atoms with Gasteiger partial charge in [-0.1, -0.05) is 32.0 Å². The summed E-state index contributed by atoms with van der Waals surface area (Å²) in [7, 11) is 0. The number of rotatable bonds is 4. The van der Waals surface area contributed by atoms with E-state index in [1.807, 2.05) is 27.8 Å². The SMILES string of the molecule is CC(C)C[C@H]1c2nc(C3CC3)nn2CCN1C(=O)c1c[nH]c(=O)c2ccccc12. The second kappa shape index (κ2) is 6.83. The van der Waals surface area contributed by atoms with E-state index < -0.39 is 0 Å². The predicted molar refractivity (Wildman–Crippen MR) is 110 cm³/mol. The number of nitrogens with one attached hydrogen (secondary N) is 1. The lowest BCUT2D eigenvalue weighted by Crippen LogP contribution is -2.43. The van der Waals surface area contributed by atoms with Gasteiger partial charge in [0.15, 0.2) is 5.82 Å². The Morgan fingerprint density at radius 3 is 2.69 bits per heavy atom. The van der Waals surface area contributed by atoms with Gasteiger partial charge in [0, 0.05) is 29.4 Å². The monoisotopic (exact) mass is 391 g/mol. The number of hydrogen-bond donors (Lipinski definition) is 1. The fourth-order valence-electron chi connectivity index (χ4n) is 4.26. The van der Waals surface area contributed by atoms with Crippen molar-refractivity contribution in [3.05, 3.63) is 58.0 Å². The van der Waals surface area contributed by atoms with Crippen LogP contribution < -0.4 is 5.56 Å². The number of benzene rings is 1. The van der Waals surface area contributed by atoms with E-state index in [0.29, 0.717) is 41.3 Å². The number of H-pyrrole nitrogens is 1. The maximum Gasteiger partial charge on any atom is 0.256 e. The fraction of sp³-hybridized carbons (Fsp3) is 0.455. The first-order valence-corrected chi connectivity index (χ1v) is 10.4. The number of aromatic amines is 1. The number of pyridine rings is 1. The van der Waals surface area contributed by atoms with Crippen molar-refractivity contribution >= 4 is 16.7 Å². The number of hydrogen-bond acceptors (Lipinski definition) is 4. The molecule has 1 amide bonds. The van der Waals surface area contributed by atoms with Gasteiger partial charge in [0.2, 0.25) is 0 Å². The van der Waals surface area contributed by atoms with Crippen LogP contribution in [0, 0.1) is 5.92 Å². The first kappa shape index (κ1) is 18.1. The molecule has 3 aromatic rings. The Balaban J connectivity index is 1.56. The summed E-state index contributed by atoms with van der Waals surface area (Å²) in [6.45, 7) is 5.56. The van der Waals surface area contributed by atoms with E-state index in [-0.39, 0.29) is 17.5 Å². The number of nitrogens with zero attached hydrogens (tertiary/aromatic N) is 4. The van der Waals surface area contributed by atoms with Crippen molar-refractivity contribution in [1.29, 1.82) is 0 Å². The lowest BCUT2D eigenvalue weighted by Gasteiger charge is -2.36. The molecular formula is C22H25N5O2. The average Bonchev–Trinajstić information content (AvgIpc) is 3.47. The van der Waals surface area contributed by atoms with Crippen LogP contribution in [0.4, 0.5) is 0 Å². The molecule has 3 heterocycles. The molecule has 0 radical (unpaired) electrons. The van der Waals surface area contributed by atoms with Gasteiger partial charge in [0.25, 0.3) is 11.5 Å². The third-order valence-corrected chi connectivity index (χ3v) is 5.88. The Kier molecular flexibility index (Phi) is 4.26. The number of amides is 1. The highest BCUT2D eigenvalue weighted by atomic mass is 16.2. The number of fused-ring (bicyclic) bond motifs is 2. The quantitative estimate of drug-likeness (QED) is 0.740. The maximum atomic E-state index is 13.6. The standard InChI is InChI=1S/C22H25N5O2/c1-13(2)11-18-20-24-19(14-7-8-14)25-27(20)10-9-26(18)22(29)17-12-23-21(28)16-6-4-3-5-15(16)17/h3-6,12-14,18H,7-11H2,1-2H3,(H,23,28)/t18-/m0/s1. The first-order valence-electron chi connectivity index (χ1n) is 10.4. The van der Waals surface area contributed by atoms with E-state index >= 15 is 0 Å². The van der Waals surface area contributed by atoms with E-state index in [4.69, 9.17) is 10.1 Å². The summed E-state index contributed by atoms with van der Waals surface area (Å²) >= 11 is 0. The highest BCUT2D eigenvalue weighted by Gasteiger charge is 2.37. The van der Waals surface area contributed by atoms with Crippen LogP contribution in [0.15, 0.2) is 35.3 Å². The zero-order chi connectivity index (χ0) is 20.1. The molecule has 7 heteroatoms. The Hall–Kier alpha value is -2.96. The molecule has 0 saturated heterocycles. The van der Waals surface area contributed by atoms with Gasteiger partial charge >= 0.3 is 0 Å². The summed E-state index contributed by atoms with van der Waals surface area (Å²) in [5.41, 5.74) is 0.354. The van der Waals surface area contributed by atoms with Crippen LogP contribution in [0.1, 0.15) is 67.1 Å². The van der Waals surface area contributed by atoms with Crippen molar-refractivity contribution in [3.8, 4) is 0 Å². The van der Waals surface area contributed by atoms with Crippen LogP contribution in [0.3, 0.4) is 0 Å². The topological polar surface area (TPSA) is 83.9 Å². The van der Waals surface area contributed by atoms with Crippen molar-refractivity contribution in [2.24, 2.45) is 5.92 Å². The Morgan fingerprint density at radius 1 is 1.21 bits per heavy atom. The minimum atomic E-state index is -0.177. The summed E-state index contributed by atoms with van der Waals surface area (Å²) < 4.78 is 2.00. The molecular weight excluding hydrogens is 366 g/mol. The van der Waals surface area contributed by atoms with E-state index in [9.17, 15) is 9.59 Å². The molecule has 5 rings (SSSR count). The third kappa shape index (κ3) is 3.14. The average molecular weight is 391 g/mol. The molecule has 1 saturated carbocycles. The molecule has 150 valence electrons. The van der Waals surface area contributed by atoms with Gasteiger partial charge in [-0.15, -0.1) is 0 Å². The second-order valence-electron chi connectivity index (χ2n) is 8.55. The summed E-state index contributed by atoms with van der Waals surface area (Å²) in [4.78, 5) is 35.3. The van der Waals surface area contributed by atoms with Crippen molar-refractivity contribution in [2.75, 3.05) is 6.54 Å². The number of aromatic nitrogens is 4. The molecule has 2 aromatic heterocycles. The van der Waals surface area contributed by atoms with Crippen molar-refractivity contribution < 1.29 is 4.79 Å². The molecule has 2 aliphatic rings. The molecule has 1 fully saturated rings. The van der Waals surface area contributed by atoms with Crippen LogP contribution in [-0.2, 0) is 6.54 Å². The van der Waals surface area contributed by atoms with Gasteiger partial charge in [-0.2, -0.15) is 5.10 Å². The normalized spacial score (nSPS) is 19.0. The van der Waals surface area contributed by atoms with Crippen LogP contribution in [0.5, 0.6) is 0 Å². The third-order valence-electron chi connectivity index (χ3n) is 5.88. The molecule has 1 atom stereocenters.